The van der Waals surface area contributed by atoms with Crippen LogP contribution in [0.4, 0.5) is 4.39 Å². The number of amides is 1. The number of sulfonamides is 1. The van der Waals surface area contributed by atoms with E-state index in [1.165, 1.54) is 30.6 Å². The van der Waals surface area contributed by atoms with Gasteiger partial charge in [-0.1, -0.05) is 17.4 Å². The van der Waals surface area contributed by atoms with Gasteiger partial charge >= 0.3 is 5.97 Å². The van der Waals surface area contributed by atoms with Crippen molar-refractivity contribution in [3.8, 4) is 0 Å². The SMILES string of the molecule is COC(=O)Cn1c(=NC(=O)C2CCCN2S(=O)(=O)c2ccc(F)cc2)sc2cc(C)ccc21. The number of carbonyl (C=O) groups excluding carboxylic acids is 2. The van der Waals surface area contributed by atoms with Crippen molar-refractivity contribution in [3.63, 3.8) is 0 Å². The summed E-state index contributed by atoms with van der Waals surface area (Å²) in [5.74, 6) is -1.65. The van der Waals surface area contributed by atoms with Gasteiger partial charge in [0.15, 0.2) is 4.80 Å². The number of nitrogens with zero attached hydrogens (tertiary/aromatic N) is 3. The number of carbonyl (C=O) groups is 2. The molecule has 0 N–H and O–H groups in total. The van der Waals surface area contributed by atoms with Crippen molar-refractivity contribution < 1.29 is 27.1 Å². The van der Waals surface area contributed by atoms with Gasteiger partial charge in [0.2, 0.25) is 10.0 Å². The van der Waals surface area contributed by atoms with Crippen LogP contribution in [0.5, 0.6) is 0 Å². The quantitative estimate of drug-likeness (QED) is 0.511. The van der Waals surface area contributed by atoms with Crippen LogP contribution < -0.4 is 4.80 Å². The molecule has 11 heteroatoms. The minimum Gasteiger partial charge on any atom is -0.468 e. The lowest BCUT2D eigenvalue weighted by atomic mass is 10.2. The first-order valence-electron chi connectivity index (χ1n) is 10.2. The normalized spacial score (nSPS) is 17.5. The van der Waals surface area contributed by atoms with Crippen LogP contribution in [0.15, 0.2) is 52.4 Å². The number of hydrogen-bond acceptors (Lipinski definition) is 6. The van der Waals surface area contributed by atoms with Crippen LogP contribution in [0, 0.1) is 12.7 Å². The molecule has 0 saturated carbocycles. The minimum absolute atomic E-state index is 0.0818. The van der Waals surface area contributed by atoms with Gasteiger partial charge in [0.1, 0.15) is 18.4 Å². The van der Waals surface area contributed by atoms with E-state index in [9.17, 15) is 22.4 Å². The molecule has 2 heterocycles. The average molecular weight is 492 g/mol. The van der Waals surface area contributed by atoms with Crippen LogP contribution in [0.1, 0.15) is 18.4 Å². The average Bonchev–Trinajstić information content (AvgIpc) is 3.40. The van der Waals surface area contributed by atoms with E-state index in [1.807, 2.05) is 25.1 Å². The lowest BCUT2D eigenvalue weighted by molar-refractivity contribution is -0.141. The number of hydrogen-bond donors (Lipinski definition) is 0. The van der Waals surface area contributed by atoms with Crippen LogP contribution in [-0.4, -0.2) is 48.9 Å². The highest BCUT2D eigenvalue weighted by Gasteiger charge is 2.39. The van der Waals surface area contributed by atoms with Crippen molar-refractivity contribution in [2.75, 3.05) is 13.7 Å². The van der Waals surface area contributed by atoms with Crippen molar-refractivity contribution in [3.05, 3.63) is 58.6 Å². The molecule has 0 bridgehead atoms. The summed E-state index contributed by atoms with van der Waals surface area (Å²) in [6, 6.07) is 9.19. The molecular formula is C22H22FN3O5S2. The summed E-state index contributed by atoms with van der Waals surface area (Å²) in [5, 5.41) is 0. The predicted octanol–water partition coefficient (Wildman–Crippen LogP) is 2.60. The molecule has 3 aromatic rings. The van der Waals surface area contributed by atoms with Crippen molar-refractivity contribution in [2.24, 2.45) is 4.99 Å². The van der Waals surface area contributed by atoms with Crippen molar-refractivity contribution in [1.82, 2.24) is 8.87 Å². The maximum atomic E-state index is 13.3. The van der Waals surface area contributed by atoms with Crippen LogP contribution >= 0.6 is 11.3 Å². The Labute approximate surface area is 194 Å². The van der Waals surface area contributed by atoms with Crippen LogP contribution in [0.3, 0.4) is 0 Å². The summed E-state index contributed by atoms with van der Waals surface area (Å²) in [6.45, 7) is 1.97. The fourth-order valence-electron chi connectivity index (χ4n) is 3.80. The van der Waals surface area contributed by atoms with Crippen LogP contribution in [0.25, 0.3) is 10.2 Å². The third kappa shape index (κ3) is 4.61. The van der Waals surface area contributed by atoms with Gasteiger partial charge in [0, 0.05) is 6.54 Å². The fraction of sp³-hybridized carbons (Fsp3) is 0.318. The van der Waals surface area contributed by atoms with E-state index in [0.29, 0.717) is 12.8 Å². The lowest BCUT2D eigenvalue weighted by Crippen LogP contribution is -2.40. The third-order valence-corrected chi connectivity index (χ3v) is 8.43. The molecule has 33 heavy (non-hydrogen) atoms. The van der Waals surface area contributed by atoms with Gasteiger partial charge in [0.25, 0.3) is 5.91 Å². The Hall–Kier alpha value is -2.89. The summed E-state index contributed by atoms with van der Waals surface area (Å²) >= 11 is 1.24. The van der Waals surface area contributed by atoms with E-state index in [0.717, 1.165) is 32.2 Å². The number of ether oxygens (including phenoxy) is 1. The van der Waals surface area contributed by atoms with Crippen LogP contribution in [0.2, 0.25) is 0 Å². The Morgan fingerprint density at radius 1 is 1.21 bits per heavy atom. The van der Waals surface area contributed by atoms with Gasteiger partial charge in [0.05, 0.1) is 22.2 Å². The number of esters is 1. The molecule has 8 nitrogen and oxygen atoms in total. The second-order valence-electron chi connectivity index (χ2n) is 7.70. The highest BCUT2D eigenvalue weighted by molar-refractivity contribution is 7.89. The zero-order chi connectivity index (χ0) is 23.8. The zero-order valence-corrected chi connectivity index (χ0v) is 19.7. The van der Waals surface area contributed by atoms with Crippen LogP contribution in [-0.2, 0) is 30.9 Å². The number of aromatic nitrogens is 1. The first-order chi connectivity index (χ1) is 15.7. The van der Waals surface area contributed by atoms with E-state index < -0.39 is 33.8 Å². The monoisotopic (exact) mass is 491 g/mol. The van der Waals surface area contributed by atoms with Gasteiger partial charge in [-0.2, -0.15) is 9.30 Å². The Bertz CT molecular complexity index is 1390. The Kier molecular flexibility index (Phi) is 6.46. The highest BCUT2D eigenvalue weighted by atomic mass is 32.2. The Morgan fingerprint density at radius 3 is 2.64 bits per heavy atom. The second-order valence-corrected chi connectivity index (χ2v) is 10.6. The van der Waals surface area contributed by atoms with Crippen molar-refractivity contribution >= 4 is 43.5 Å². The smallest absolute Gasteiger partial charge is 0.325 e. The number of rotatable bonds is 5. The fourth-order valence-corrected chi connectivity index (χ4v) is 6.58. The second kappa shape index (κ2) is 9.16. The third-order valence-electron chi connectivity index (χ3n) is 5.47. The molecule has 174 valence electrons. The summed E-state index contributed by atoms with van der Waals surface area (Å²) in [7, 11) is -2.72. The molecule has 0 aliphatic carbocycles. The maximum Gasteiger partial charge on any atom is 0.325 e. The van der Waals surface area contributed by atoms with E-state index in [2.05, 4.69) is 4.99 Å². The van der Waals surface area contributed by atoms with Gasteiger partial charge < -0.3 is 9.30 Å². The minimum atomic E-state index is -4.00. The molecule has 1 aromatic heterocycles. The summed E-state index contributed by atoms with van der Waals surface area (Å²) < 4.78 is 47.8. The molecule has 1 aliphatic heterocycles. The molecular weight excluding hydrogens is 469 g/mol. The van der Waals surface area contributed by atoms with E-state index in [1.54, 1.807) is 4.57 Å². The van der Waals surface area contributed by atoms with Crippen molar-refractivity contribution in [2.45, 2.75) is 37.2 Å². The van der Waals surface area contributed by atoms with Gasteiger partial charge in [-0.25, -0.2) is 12.8 Å². The first kappa shape index (κ1) is 23.3. The van der Waals surface area contributed by atoms with Crippen molar-refractivity contribution in [1.29, 1.82) is 0 Å². The van der Waals surface area contributed by atoms with Gasteiger partial charge in [-0.3, -0.25) is 9.59 Å². The predicted molar refractivity (Wildman–Crippen MR) is 120 cm³/mol. The first-order valence-corrected chi connectivity index (χ1v) is 12.5. The molecule has 0 radical (unpaired) electrons. The largest absolute Gasteiger partial charge is 0.468 e. The number of halogens is 1. The molecule has 1 aliphatic rings. The molecule has 1 fully saturated rings. The number of aryl methyl sites for hydroxylation is 1. The van der Waals surface area contributed by atoms with Gasteiger partial charge in [-0.15, -0.1) is 0 Å². The molecule has 0 spiro atoms. The highest BCUT2D eigenvalue weighted by Crippen LogP contribution is 2.27. The summed E-state index contributed by atoms with van der Waals surface area (Å²) in [5.41, 5.74) is 1.74. The number of fused-ring (bicyclic) bond motifs is 1. The molecule has 1 amide bonds. The molecule has 2 aromatic carbocycles. The van der Waals surface area contributed by atoms with Gasteiger partial charge in [-0.05, 0) is 61.7 Å². The summed E-state index contributed by atoms with van der Waals surface area (Å²) in [4.78, 5) is 29.6. The molecule has 1 atom stereocenters. The van der Waals surface area contributed by atoms with E-state index in [4.69, 9.17) is 4.74 Å². The number of thiazole rings is 1. The molecule has 1 unspecified atom stereocenters. The molecule has 4 rings (SSSR count). The Morgan fingerprint density at radius 2 is 1.94 bits per heavy atom. The summed E-state index contributed by atoms with van der Waals surface area (Å²) in [6.07, 6.45) is 0.823. The van der Waals surface area contributed by atoms with E-state index >= 15 is 0 Å². The topological polar surface area (TPSA) is 98.0 Å². The number of methoxy groups -OCH3 is 1. The lowest BCUT2D eigenvalue weighted by Gasteiger charge is -2.21. The number of benzene rings is 2. The van der Waals surface area contributed by atoms with E-state index in [-0.39, 0.29) is 22.8 Å². The molecule has 1 saturated heterocycles. The Balaban J connectivity index is 1.73. The standard InChI is InChI=1S/C22H22FN3O5S2/c1-14-5-10-17-19(12-14)32-22(25(17)13-20(27)31-2)24-21(28)18-4-3-11-26(18)33(29,30)16-8-6-15(23)7-9-16/h5-10,12,18H,3-4,11,13H2,1-2H3. The zero-order valence-electron chi connectivity index (χ0n) is 18.0. The maximum absolute atomic E-state index is 13.3.